The predicted octanol–water partition coefficient (Wildman–Crippen LogP) is 4.78. The third kappa shape index (κ3) is 5.10. The van der Waals surface area contributed by atoms with Crippen LogP contribution in [0.5, 0.6) is 0 Å². The van der Waals surface area contributed by atoms with Gasteiger partial charge in [0.15, 0.2) is 5.13 Å². The van der Waals surface area contributed by atoms with Crippen LogP contribution in [-0.2, 0) is 16.4 Å². The summed E-state index contributed by atoms with van der Waals surface area (Å²) in [5, 5.41) is 15.7. The van der Waals surface area contributed by atoms with Crippen molar-refractivity contribution < 1.29 is 8.42 Å². The molecule has 0 saturated carbocycles. The third-order valence-electron chi connectivity index (χ3n) is 3.81. The van der Waals surface area contributed by atoms with Crippen LogP contribution in [0, 0.1) is 0 Å². The monoisotopic (exact) mass is 463 g/mol. The van der Waals surface area contributed by atoms with E-state index >= 15 is 0 Å². The van der Waals surface area contributed by atoms with Crippen molar-refractivity contribution >= 4 is 60.2 Å². The van der Waals surface area contributed by atoms with Crippen LogP contribution in [0.2, 0.25) is 5.02 Å². The molecule has 0 unspecified atom stereocenters. The smallest absolute Gasteiger partial charge is 0.263 e. The Hall–Kier alpha value is -2.53. The number of rotatable bonds is 7. The maximum atomic E-state index is 12.4. The number of aromatic nitrogens is 3. The molecule has 0 atom stereocenters. The number of hydrogen-bond donors (Lipinski definition) is 2. The average molecular weight is 464 g/mol. The molecule has 2 aromatic carbocycles. The van der Waals surface area contributed by atoms with Gasteiger partial charge in [0.2, 0.25) is 5.13 Å². The summed E-state index contributed by atoms with van der Waals surface area (Å²) < 4.78 is 27.2. The van der Waals surface area contributed by atoms with Gasteiger partial charge in [-0.2, -0.15) is 0 Å². The summed E-state index contributed by atoms with van der Waals surface area (Å²) in [7, 11) is -3.67. The minimum atomic E-state index is -3.67. The van der Waals surface area contributed by atoms with Crippen LogP contribution in [0.3, 0.4) is 0 Å². The Bertz CT molecular complexity index is 1190. The minimum absolute atomic E-state index is 0.152. The van der Waals surface area contributed by atoms with E-state index in [0.29, 0.717) is 27.4 Å². The summed E-state index contributed by atoms with van der Waals surface area (Å²) in [6, 6.07) is 14.0. The predicted molar refractivity (Wildman–Crippen MR) is 117 cm³/mol. The standard InChI is InChI=1S/C18H14ClN5O2S3/c19-13-3-1-12(2-4-13)11-16-22-23-18(28-16)21-14-5-7-15(8-6-14)29(25,26)24-17-20-9-10-27-17/h1-10H,11H2,(H,20,24)(H,21,23). The molecule has 0 spiro atoms. The van der Waals surface area contributed by atoms with Gasteiger partial charge in [0.1, 0.15) is 5.01 Å². The van der Waals surface area contributed by atoms with Crippen LogP contribution in [0.25, 0.3) is 0 Å². The molecule has 2 heterocycles. The molecule has 148 valence electrons. The molecule has 0 bridgehead atoms. The second kappa shape index (κ2) is 8.46. The Kier molecular flexibility index (Phi) is 5.76. The molecule has 11 heteroatoms. The van der Waals surface area contributed by atoms with E-state index < -0.39 is 10.0 Å². The fraction of sp³-hybridized carbons (Fsp3) is 0.0556. The molecule has 0 fully saturated rings. The van der Waals surface area contributed by atoms with E-state index in [4.69, 9.17) is 11.6 Å². The van der Waals surface area contributed by atoms with Crippen molar-refractivity contribution in [2.24, 2.45) is 0 Å². The fourth-order valence-corrected chi connectivity index (χ4v) is 5.15. The maximum absolute atomic E-state index is 12.4. The topological polar surface area (TPSA) is 96.9 Å². The minimum Gasteiger partial charge on any atom is -0.330 e. The number of sulfonamides is 1. The zero-order valence-corrected chi connectivity index (χ0v) is 17.9. The first-order chi connectivity index (χ1) is 14.0. The normalized spacial score (nSPS) is 11.3. The van der Waals surface area contributed by atoms with Crippen molar-refractivity contribution in [3.8, 4) is 0 Å². The summed E-state index contributed by atoms with van der Waals surface area (Å²) in [5.41, 5.74) is 1.81. The summed E-state index contributed by atoms with van der Waals surface area (Å²) >= 11 is 8.56. The zero-order valence-electron chi connectivity index (χ0n) is 14.7. The molecule has 2 N–H and O–H groups in total. The SMILES string of the molecule is O=S(=O)(Nc1nccs1)c1ccc(Nc2nnc(Cc3ccc(Cl)cc3)s2)cc1. The van der Waals surface area contributed by atoms with Gasteiger partial charge >= 0.3 is 0 Å². The Labute approximate surface area is 180 Å². The molecule has 0 aliphatic heterocycles. The molecular formula is C18H14ClN5O2S3. The fourth-order valence-electron chi connectivity index (χ4n) is 2.44. The average Bonchev–Trinajstić information content (AvgIpc) is 3.36. The van der Waals surface area contributed by atoms with E-state index in [2.05, 4.69) is 25.2 Å². The largest absolute Gasteiger partial charge is 0.330 e. The molecule has 0 aliphatic rings. The van der Waals surface area contributed by atoms with Crippen LogP contribution < -0.4 is 10.0 Å². The lowest BCUT2D eigenvalue weighted by Gasteiger charge is -2.06. The molecule has 4 rings (SSSR count). The van der Waals surface area contributed by atoms with Gasteiger partial charge in [0.05, 0.1) is 4.90 Å². The number of benzene rings is 2. The summed E-state index contributed by atoms with van der Waals surface area (Å²) in [6.45, 7) is 0. The van der Waals surface area contributed by atoms with Crippen LogP contribution >= 0.6 is 34.3 Å². The van der Waals surface area contributed by atoms with E-state index in [-0.39, 0.29) is 4.90 Å². The first-order valence-corrected chi connectivity index (χ1v) is 11.9. The Morgan fingerprint density at radius 3 is 2.41 bits per heavy atom. The first kappa shape index (κ1) is 19.8. The lowest BCUT2D eigenvalue weighted by Crippen LogP contribution is -2.12. The van der Waals surface area contributed by atoms with Crippen molar-refractivity contribution in [3.05, 3.63) is 75.7 Å². The number of nitrogens with zero attached hydrogens (tertiary/aromatic N) is 3. The van der Waals surface area contributed by atoms with Crippen LogP contribution in [0.15, 0.2) is 65.0 Å². The van der Waals surface area contributed by atoms with Crippen molar-refractivity contribution in [1.82, 2.24) is 15.2 Å². The molecule has 7 nitrogen and oxygen atoms in total. The second-order valence-corrected chi connectivity index (χ2v) is 9.97. The van der Waals surface area contributed by atoms with Crippen molar-refractivity contribution in [1.29, 1.82) is 0 Å². The zero-order chi connectivity index (χ0) is 20.3. The van der Waals surface area contributed by atoms with Gasteiger partial charge in [-0.15, -0.1) is 21.5 Å². The molecule has 29 heavy (non-hydrogen) atoms. The quantitative estimate of drug-likeness (QED) is 0.409. The molecule has 2 aromatic heterocycles. The number of nitrogens with one attached hydrogen (secondary N) is 2. The summed E-state index contributed by atoms with van der Waals surface area (Å²) in [5.74, 6) is 0. The first-order valence-electron chi connectivity index (χ1n) is 8.34. The summed E-state index contributed by atoms with van der Waals surface area (Å²) in [4.78, 5) is 4.08. The molecule has 0 amide bonds. The van der Waals surface area contributed by atoms with Crippen molar-refractivity contribution in [2.75, 3.05) is 10.0 Å². The maximum Gasteiger partial charge on any atom is 0.263 e. The van der Waals surface area contributed by atoms with Crippen molar-refractivity contribution in [2.45, 2.75) is 11.3 Å². The highest BCUT2D eigenvalue weighted by molar-refractivity contribution is 7.93. The second-order valence-electron chi connectivity index (χ2n) is 5.90. The van der Waals surface area contributed by atoms with Crippen LogP contribution in [-0.4, -0.2) is 23.6 Å². The highest BCUT2D eigenvalue weighted by Gasteiger charge is 2.15. The highest BCUT2D eigenvalue weighted by atomic mass is 35.5. The number of hydrogen-bond acceptors (Lipinski definition) is 8. The number of thiazole rings is 1. The Morgan fingerprint density at radius 2 is 1.72 bits per heavy atom. The van der Waals surface area contributed by atoms with Crippen molar-refractivity contribution in [3.63, 3.8) is 0 Å². The van der Waals surface area contributed by atoms with E-state index in [9.17, 15) is 8.42 Å². The van der Waals surface area contributed by atoms with E-state index in [0.717, 1.165) is 10.6 Å². The molecule has 0 saturated heterocycles. The molecule has 0 radical (unpaired) electrons. The van der Waals surface area contributed by atoms with Crippen LogP contribution in [0.1, 0.15) is 10.6 Å². The van der Waals surface area contributed by atoms with Gasteiger partial charge in [-0.3, -0.25) is 4.72 Å². The molecular weight excluding hydrogens is 450 g/mol. The number of anilines is 3. The lowest BCUT2D eigenvalue weighted by molar-refractivity contribution is 0.601. The highest BCUT2D eigenvalue weighted by Crippen LogP contribution is 2.25. The van der Waals surface area contributed by atoms with Crippen LogP contribution in [0.4, 0.5) is 16.0 Å². The Balaban J connectivity index is 1.41. The van der Waals surface area contributed by atoms with E-state index in [1.807, 2.05) is 24.3 Å². The van der Waals surface area contributed by atoms with Gasteiger partial charge < -0.3 is 5.32 Å². The molecule has 0 aliphatic carbocycles. The lowest BCUT2D eigenvalue weighted by atomic mass is 10.2. The van der Waals surface area contributed by atoms with Gasteiger partial charge in [-0.25, -0.2) is 13.4 Å². The molecule has 4 aromatic rings. The van der Waals surface area contributed by atoms with E-state index in [1.54, 1.807) is 23.7 Å². The summed E-state index contributed by atoms with van der Waals surface area (Å²) in [6.07, 6.45) is 2.20. The van der Waals surface area contributed by atoms with E-state index in [1.165, 1.54) is 34.8 Å². The van der Waals surface area contributed by atoms with Gasteiger partial charge in [-0.1, -0.05) is 35.1 Å². The van der Waals surface area contributed by atoms with Gasteiger partial charge in [0, 0.05) is 28.7 Å². The van der Waals surface area contributed by atoms with Gasteiger partial charge in [0.25, 0.3) is 10.0 Å². The number of halogens is 1. The van der Waals surface area contributed by atoms with Gasteiger partial charge in [-0.05, 0) is 42.0 Å². The third-order valence-corrected chi connectivity index (χ3v) is 7.07. The Morgan fingerprint density at radius 1 is 0.966 bits per heavy atom.